The van der Waals surface area contributed by atoms with E-state index in [-0.39, 0.29) is 6.04 Å². The molecule has 1 atom stereocenters. The molecule has 0 aromatic carbocycles. The Morgan fingerprint density at radius 2 is 2.10 bits per heavy atom. The lowest BCUT2D eigenvalue weighted by Crippen LogP contribution is -2.35. The lowest BCUT2D eigenvalue weighted by molar-refractivity contribution is 0.568. The minimum absolute atomic E-state index is 0.0595. The molecule has 1 aromatic heterocycles. The third-order valence-electron chi connectivity index (χ3n) is 2.90. The van der Waals surface area contributed by atoms with E-state index in [9.17, 15) is 8.42 Å². The van der Waals surface area contributed by atoms with E-state index in [4.69, 9.17) is 0 Å². The molecule has 1 heterocycles. The van der Waals surface area contributed by atoms with Crippen molar-refractivity contribution in [3.63, 3.8) is 0 Å². The van der Waals surface area contributed by atoms with Gasteiger partial charge in [0, 0.05) is 23.2 Å². The summed E-state index contributed by atoms with van der Waals surface area (Å²) in [5.41, 5.74) is 0.830. The van der Waals surface area contributed by atoms with Gasteiger partial charge in [-0.1, -0.05) is 13.8 Å². The Hall–Kier alpha value is -0.0800. The van der Waals surface area contributed by atoms with Gasteiger partial charge in [-0.2, -0.15) is 11.8 Å². The zero-order valence-corrected chi connectivity index (χ0v) is 15.7. The van der Waals surface area contributed by atoms with Gasteiger partial charge < -0.3 is 5.32 Å². The first kappa shape index (κ1) is 19.0. The third-order valence-corrected chi connectivity index (χ3v) is 7.09. The van der Waals surface area contributed by atoms with Crippen LogP contribution in [0.2, 0.25) is 0 Å². The highest BCUT2D eigenvalue weighted by Gasteiger charge is 2.24. The SMILES string of the molecule is CCCNCc1scc(C)c1S(=O)(=O)NC(C)CSCC. The van der Waals surface area contributed by atoms with Crippen LogP contribution in [0.15, 0.2) is 10.3 Å². The smallest absolute Gasteiger partial charge is 0.242 e. The Balaban J connectivity index is 2.84. The molecule has 2 N–H and O–H groups in total. The van der Waals surface area contributed by atoms with Crippen molar-refractivity contribution in [3.05, 3.63) is 15.8 Å². The molecule has 21 heavy (non-hydrogen) atoms. The molecule has 1 aromatic rings. The average Bonchev–Trinajstić information content (AvgIpc) is 2.78. The van der Waals surface area contributed by atoms with E-state index in [0.717, 1.165) is 34.9 Å². The molecule has 7 heteroatoms. The molecule has 0 amide bonds. The van der Waals surface area contributed by atoms with Crippen molar-refractivity contribution in [1.29, 1.82) is 0 Å². The van der Waals surface area contributed by atoms with Crippen LogP contribution in [0.3, 0.4) is 0 Å². The van der Waals surface area contributed by atoms with Crippen molar-refractivity contribution in [2.45, 2.75) is 51.6 Å². The second-order valence-corrected chi connectivity index (χ2v) is 8.96. The summed E-state index contributed by atoms with van der Waals surface area (Å²) in [6, 6.07) is -0.0595. The van der Waals surface area contributed by atoms with E-state index in [2.05, 4.69) is 23.9 Å². The number of thiophene rings is 1. The van der Waals surface area contributed by atoms with Gasteiger partial charge in [0.15, 0.2) is 0 Å². The van der Waals surface area contributed by atoms with E-state index in [1.807, 2.05) is 19.2 Å². The van der Waals surface area contributed by atoms with Crippen LogP contribution in [0.5, 0.6) is 0 Å². The molecule has 0 fully saturated rings. The third kappa shape index (κ3) is 5.90. The van der Waals surface area contributed by atoms with Gasteiger partial charge in [0.2, 0.25) is 10.0 Å². The molecule has 1 unspecified atom stereocenters. The summed E-state index contributed by atoms with van der Waals surface area (Å²) >= 11 is 3.25. The first-order valence-corrected chi connectivity index (χ1v) is 10.8. The van der Waals surface area contributed by atoms with Crippen molar-refractivity contribution in [2.75, 3.05) is 18.1 Å². The predicted molar refractivity (Wildman–Crippen MR) is 93.8 cm³/mol. The van der Waals surface area contributed by atoms with Crippen molar-refractivity contribution in [3.8, 4) is 0 Å². The molecule has 122 valence electrons. The van der Waals surface area contributed by atoms with Crippen molar-refractivity contribution in [1.82, 2.24) is 10.0 Å². The highest BCUT2D eigenvalue weighted by molar-refractivity contribution is 7.99. The second kappa shape index (κ2) is 9.15. The minimum atomic E-state index is -3.44. The Bertz CT molecular complexity index is 526. The summed E-state index contributed by atoms with van der Waals surface area (Å²) in [5, 5.41) is 5.20. The lowest BCUT2D eigenvalue weighted by Gasteiger charge is -2.15. The summed E-state index contributed by atoms with van der Waals surface area (Å²) in [4.78, 5) is 1.35. The summed E-state index contributed by atoms with van der Waals surface area (Å²) in [6.45, 7) is 9.45. The van der Waals surface area contributed by atoms with E-state index >= 15 is 0 Å². The largest absolute Gasteiger partial charge is 0.312 e. The van der Waals surface area contributed by atoms with Crippen LogP contribution in [0.25, 0.3) is 0 Å². The van der Waals surface area contributed by atoms with Gasteiger partial charge in [-0.15, -0.1) is 11.3 Å². The van der Waals surface area contributed by atoms with Gasteiger partial charge >= 0.3 is 0 Å². The van der Waals surface area contributed by atoms with Crippen LogP contribution < -0.4 is 10.0 Å². The standard InChI is InChI=1S/C14H26N2O2S3/c1-5-7-15-8-13-14(11(3)9-20-13)21(17,18)16-12(4)10-19-6-2/h9,12,15-16H,5-8,10H2,1-4H3. The molecular weight excluding hydrogens is 324 g/mol. The highest BCUT2D eigenvalue weighted by atomic mass is 32.2. The van der Waals surface area contributed by atoms with E-state index in [0.29, 0.717) is 11.4 Å². The normalized spacial score (nSPS) is 13.5. The van der Waals surface area contributed by atoms with E-state index < -0.39 is 10.0 Å². The van der Waals surface area contributed by atoms with Crippen molar-refractivity contribution >= 4 is 33.1 Å². The van der Waals surface area contributed by atoms with E-state index in [1.165, 1.54) is 11.3 Å². The molecule has 0 aliphatic rings. The fourth-order valence-electron chi connectivity index (χ4n) is 2.00. The quantitative estimate of drug-likeness (QED) is 0.637. The summed E-state index contributed by atoms with van der Waals surface area (Å²) in [7, 11) is -3.44. The van der Waals surface area contributed by atoms with Gasteiger partial charge in [-0.25, -0.2) is 13.1 Å². The van der Waals surface area contributed by atoms with Crippen LogP contribution in [0.4, 0.5) is 0 Å². The number of nitrogens with one attached hydrogen (secondary N) is 2. The van der Waals surface area contributed by atoms with Gasteiger partial charge in [0.25, 0.3) is 0 Å². The summed E-state index contributed by atoms with van der Waals surface area (Å²) < 4.78 is 28.0. The summed E-state index contributed by atoms with van der Waals surface area (Å²) in [6.07, 6.45) is 1.04. The van der Waals surface area contributed by atoms with E-state index in [1.54, 1.807) is 11.8 Å². The number of aryl methyl sites for hydroxylation is 1. The highest BCUT2D eigenvalue weighted by Crippen LogP contribution is 2.27. The fraction of sp³-hybridized carbons (Fsp3) is 0.714. The predicted octanol–water partition coefficient (Wildman–Crippen LogP) is 2.98. The van der Waals surface area contributed by atoms with Gasteiger partial charge in [-0.3, -0.25) is 0 Å². The molecule has 0 saturated carbocycles. The van der Waals surface area contributed by atoms with Crippen LogP contribution in [-0.4, -0.2) is 32.5 Å². The van der Waals surface area contributed by atoms with Crippen molar-refractivity contribution < 1.29 is 8.42 Å². The monoisotopic (exact) mass is 350 g/mol. The number of thioether (sulfide) groups is 1. The second-order valence-electron chi connectivity index (χ2n) is 5.03. The van der Waals surface area contributed by atoms with Gasteiger partial charge in [0.1, 0.15) is 4.90 Å². The topological polar surface area (TPSA) is 58.2 Å². The van der Waals surface area contributed by atoms with Crippen LogP contribution >= 0.6 is 23.1 Å². The maximum Gasteiger partial charge on any atom is 0.242 e. The first-order valence-electron chi connectivity index (χ1n) is 7.30. The maximum absolute atomic E-state index is 12.6. The fourth-order valence-corrected chi connectivity index (χ4v) is 5.80. The number of sulfonamides is 1. The Kier molecular flexibility index (Phi) is 8.26. The number of hydrogen-bond acceptors (Lipinski definition) is 5. The minimum Gasteiger partial charge on any atom is -0.312 e. The molecule has 0 bridgehead atoms. The Morgan fingerprint density at radius 1 is 1.38 bits per heavy atom. The van der Waals surface area contributed by atoms with Crippen LogP contribution in [-0.2, 0) is 16.6 Å². The van der Waals surface area contributed by atoms with Crippen LogP contribution in [0, 0.1) is 6.92 Å². The average molecular weight is 351 g/mol. The summed E-state index contributed by atoms with van der Waals surface area (Å²) in [5.74, 6) is 1.79. The zero-order chi connectivity index (χ0) is 15.9. The van der Waals surface area contributed by atoms with Gasteiger partial charge in [-0.05, 0) is 43.5 Å². The Morgan fingerprint density at radius 3 is 2.71 bits per heavy atom. The first-order chi connectivity index (χ1) is 9.92. The molecule has 0 aliphatic carbocycles. The van der Waals surface area contributed by atoms with Gasteiger partial charge in [0.05, 0.1) is 0 Å². The molecule has 4 nitrogen and oxygen atoms in total. The Labute approximate surface area is 137 Å². The molecule has 1 rings (SSSR count). The molecule has 0 saturated heterocycles. The van der Waals surface area contributed by atoms with Crippen LogP contribution in [0.1, 0.15) is 37.6 Å². The molecular formula is C14H26N2O2S3. The lowest BCUT2D eigenvalue weighted by atomic mass is 10.3. The van der Waals surface area contributed by atoms with Crippen molar-refractivity contribution in [2.24, 2.45) is 0 Å². The number of hydrogen-bond donors (Lipinski definition) is 2. The molecule has 0 spiro atoms. The number of rotatable bonds is 10. The maximum atomic E-state index is 12.6. The molecule has 0 radical (unpaired) electrons. The zero-order valence-electron chi connectivity index (χ0n) is 13.2. The molecule has 0 aliphatic heterocycles.